The van der Waals surface area contributed by atoms with Crippen LogP contribution >= 0.6 is 0 Å². The van der Waals surface area contributed by atoms with E-state index in [4.69, 9.17) is 4.74 Å². The molecule has 0 unspecified atom stereocenters. The van der Waals surface area contributed by atoms with Crippen LogP contribution in [0.1, 0.15) is 48.7 Å². The van der Waals surface area contributed by atoms with Gasteiger partial charge in [-0.1, -0.05) is 30.3 Å². The maximum Gasteiger partial charge on any atom is 0.329 e. The number of hydrogen-bond acceptors (Lipinski definition) is 5. The fourth-order valence-electron chi connectivity index (χ4n) is 3.23. The first kappa shape index (κ1) is 19.9. The van der Waals surface area contributed by atoms with Crippen LogP contribution in [0.25, 0.3) is 0 Å². The van der Waals surface area contributed by atoms with Crippen LogP contribution < -0.4 is 15.8 Å². The summed E-state index contributed by atoms with van der Waals surface area (Å²) >= 11 is 0. The average Bonchev–Trinajstić information content (AvgIpc) is 3.23. The minimum absolute atomic E-state index is 0.245. The van der Waals surface area contributed by atoms with Gasteiger partial charge in [0.15, 0.2) is 0 Å². The zero-order valence-corrected chi connectivity index (χ0v) is 16.4. The first-order valence-electron chi connectivity index (χ1n) is 9.71. The van der Waals surface area contributed by atoms with Crippen molar-refractivity contribution >= 4 is 17.6 Å². The molecule has 1 heterocycles. The van der Waals surface area contributed by atoms with E-state index in [1.807, 2.05) is 30.3 Å². The van der Waals surface area contributed by atoms with E-state index < -0.39 is 12.0 Å². The Hall–Kier alpha value is -2.86. The van der Waals surface area contributed by atoms with E-state index in [2.05, 4.69) is 15.8 Å². The smallest absolute Gasteiger partial charge is 0.329 e. The molecule has 0 radical (unpaired) electrons. The van der Waals surface area contributed by atoms with Gasteiger partial charge in [-0.3, -0.25) is 10.2 Å². The molecule has 28 heavy (non-hydrogen) atoms. The molecule has 0 aliphatic carbocycles. The summed E-state index contributed by atoms with van der Waals surface area (Å²) in [6.07, 6.45) is 2.17. The number of hydrogen-bond donors (Lipinski definition) is 2. The van der Waals surface area contributed by atoms with Gasteiger partial charge < -0.3 is 9.64 Å². The van der Waals surface area contributed by atoms with Crippen molar-refractivity contribution in [2.24, 2.45) is 0 Å². The van der Waals surface area contributed by atoms with Crippen LogP contribution in [0.3, 0.4) is 0 Å². The second kappa shape index (κ2) is 9.37. The zero-order chi connectivity index (χ0) is 19.9. The molecule has 2 aromatic rings. The standard InChI is InChI=1S/C22H27N3O3/c1-16(2)28-22(27)20(23-24-21(26)18-8-4-3-5-9-18)17-10-12-19(13-11-17)25-14-6-7-15-25/h3-5,8-13,16,20,23H,6-7,14-15H2,1-2H3,(H,24,26)/t20-/m0/s1. The molecule has 0 spiro atoms. The van der Waals surface area contributed by atoms with E-state index >= 15 is 0 Å². The first-order valence-corrected chi connectivity index (χ1v) is 9.71. The summed E-state index contributed by atoms with van der Waals surface area (Å²) in [7, 11) is 0. The van der Waals surface area contributed by atoms with Gasteiger partial charge in [0.1, 0.15) is 6.04 Å². The molecule has 0 aromatic heterocycles. The number of nitrogens with one attached hydrogen (secondary N) is 2. The van der Waals surface area contributed by atoms with Crippen molar-refractivity contribution in [1.82, 2.24) is 10.9 Å². The van der Waals surface area contributed by atoms with Crippen molar-refractivity contribution in [3.8, 4) is 0 Å². The summed E-state index contributed by atoms with van der Waals surface area (Å²) in [4.78, 5) is 27.2. The molecule has 1 fully saturated rings. The number of carbonyl (C=O) groups is 2. The Balaban J connectivity index is 1.72. The summed E-state index contributed by atoms with van der Waals surface area (Å²) in [6, 6.07) is 15.9. The second-order valence-electron chi connectivity index (χ2n) is 7.17. The Morgan fingerprint density at radius 3 is 2.21 bits per heavy atom. The largest absolute Gasteiger partial charge is 0.462 e. The number of benzene rings is 2. The molecule has 6 nitrogen and oxygen atoms in total. The molecule has 148 valence electrons. The minimum Gasteiger partial charge on any atom is -0.462 e. The van der Waals surface area contributed by atoms with Crippen LogP contribution in [-0.2, 0) is 9.53 Å². The van der Waals surface area contributed by atoms with E-state index in [9.17, 15) is 9.59 Å². The molecule has 6 heteroatoms. The maximum atomic E-state index is 12.6. The SMILES string of the molecule is CC(C)OC(=O)[C@@H](NNC(=O)c1ccccc1)c1ccc(N2CCCC2)cc1. The second-order valence-corrected chi connectivity index (χ2v) is 7.17. The predicted octanol–water partition coefficient (Wildman–Crippen LogP) is 3.21. The number of nitrogens with zero attached hydrogens (tertiary/aromatic N) is 1. The Labute approximate surface area is 165 Å². The van der Waals surface area contributed by atoms with E-state index in [1.54, 1.807) is 38.1 Å². The summed E-state index contributed by atoms with van der Waals surface area (Å²) in [5.41, 5.74) is 7.85. The molecule has 1 saturated heterocycles. The molecular formula is C22H27N3O3. The molecule has 2 N–H and O–H groups in total. The highest BCUT2D eigenvalue weighted by atomic mass is 16.5. The monoisotopic (exact) mass is 381 g/mol. The van der Waals surface area contributed by atoms with Gasteiger partial charge >= 0.3 is 5.97 Å². The Kier molecular flexibility index (Phi) is 6.66. The number of carbonyl (C=O) groups excluding carboxylic acids is 2. The number of hydrazine groups is 1. The lowest BCUT2D eigenvalue weighted by Gasteiger charge is -2.22. The van der Waals surface area contributed by atoms with Crippen molar-refractivity contribution in [3.05, 3.63) is 65.7 Å². The molecule has 0 saturated carbocycles. The lowest BCUT2D eigenvalue weighted by atomic mass is 10.1. The predicted molar refractivity (Wildman–Crippen MR) is 109 cm³/mol. The van der Waals surface area contributed by atoms with Gasteiger partial charge in [0.05, 0.1) is 6.10 Å². The van der Waals surface area contributed by atoms with Gasteiger partial charge in [-0.2, -0.15) is 0 Å². The van der Waals surface area contributed by atoms with Crippen molar-refractivity contribution < 1.29 is 14.3 Å². The Morgan fingerprint density at radius 1 is 0.964 bits per heavy atom. The Bertz CT molecular complexity index is 784. The van der Waals surface area contributed by atoms with E-state index in [0.29, 0.717) is 5.56 Å². The number of amides is 1. The molecule has 1 aliphatic rings. The third kappa shape index (κ3) is 5.10. The van der Waals surface area contributed by atoms with Crippen molar-refractivity contribution in [2.45, 2.75) is 38.8 Å². The number of esters is 1. The summed E-state index contributed by atoms with van der Waals surface area (Å²) < 4.78 is 5.37. The van der Waals surface area contributed by atoms with Gasteiger partial charge in [0.2, 0.25) is 0 Å². The third-order valence-corrected chi connectivity index (χ3v) is 4.65. The molecule has 1 aliphatic heterocycles. The number of rotatable bonds is 7. The van der Waals surface area contributed by atoms with E-state index in [0.717, 1.165) is 24.3 Å². The van der Waals surface area contributed by atoms with Gasteiger partial charge in [0, 0.05) is 24.3 Å². The van der Waals surface area contributed by atoms with Gasteiger partial charge in [-0.15, -0.1) is 0 Å². The molecule has 1 atom stereocenters. The van der Waals surface area contributed by atoms with Crippen LogP contribution in [-0.4, -0.2) is 31.1 Å². The normalized spacial score (nSPS) is 14.8. The zero-order valence-electron chi connectivity index (χ0n) is 16.4. The van der Waals surface area contributed by atoms with Crippen LogP contribution in [0.4, 0.5) is 5.69 Å². The van der Waals surface area contributed by atoms with Crippen LogP contribution in [0.15, 0.2) is 54.6 Å². The average molecular weight is 381 g/mol. The summed E-state index contributed by atoms with van der Waals surface area (Å²) in [5, 5.41) is 0. The van der Waals surface area contributed by atoms with Gasteiger partial charge in [0.25, 0.3) is 5.91 Å². The van der Waals surface area contributed by atoms with Crippen molar-refractivity contribution in [1.29, 1.82) is 0 Å². The highest BCUT2D eigenvalue weighted by Crippen LogP contribution is 2.23. The topological polar surface area (TPSA) is 70.7 Å². The van der Waals surface area contributed by atoms with Crippen molar-refractivity contribution in [3.63, 3.8) is 0 Å². The molecule has 1 amide bonds. The minimum atomic E-state index is -0.789. The van der Waals surface area contributed by atoms with Gasteiger partial charge in [-0.25, -0.2) is 10.2 Å². The van der Waals surface area contributed by atoms with E-state index in [1.165, 1.54) is 12.8 Å². The Morgan fingerprint density at radius 2 is 1.61 bits per heavy atom. The van der Waals surface area contributed by atoms with Crippen LogP contribution in [0.2, 0.25) is 0 Å². The maximum absolute atomic E-state index is 12.6. The fourth-order valence-corrected chi connectivity index (χ4v) is 3.23. The quantitative estimate of drug-likeness (QED) is 0.569. The molecule has 2 aromatic carbocycles. The summed E-state index contributed by atoms with van der Waals surface area (Å²) in [6.45, 7) is 5.72. The molecule has 0 bridgehead atoms. The third-order valence-electron chi connectivity index (χ3n) is 4.65. The van der Waals surface area contributed by atoms with E-state index in [-0.39, 0.29) is 12.0 Å². The first-order chi connectivity index (χ1) is 13.5. The highest BCUT2D eigenvalue weighted by molar-refractivity contribution is 5.94. The number of ether oxygens (including phenoxy) is 1. The van der Waals surface area contributed by atoms with Gasteiger partial charge in [-0.05, 0) is 56.5 Å². The molecular weight excluding hydrogens is 354 g/mol. The lowest BCUT2D eigenvalue weighted by Crippen LogP contribution is -2.44. The summed E-state index contributed by atoms with van der Waals surface area (Å²) in [5.74, 6) is -0.742. The lowest BCUT2D eigenvalue weighted by molar-refractivity contribution is -0.150. The fraction of sp³-hybridized carbons (Fsp3) is 0.364. The molecule has 3 rings (SSSR count). The highest BCUT2D eigenvalue weighted by Gasteiger charge is 2.24. The van der Waals surface area contributed by atoms with Crippen LogP contribution in [0, 0.1) is 0 Å². The van der Waals surface area contributed by atoms with Crippen molar-refractivity contribution in [2.75, 3.05) is 18.0 Å². The van der Waals surface area contributed by atoms with Crippen LogP contribution in [0.5, 0.6) is 0 Å². The number of anilines is 1.